The lowest BCUT2D eigenvalue weighted by Crippen LogP contribution is -2.28. The Labute approximate surface area is 193 Å². The van der Waals surface area contributed by atoms with Crippen molar-refractivity contribution in [3.63, 3.8) is 0 Å². The molecule has 1 N–H and O–H groups in total. The van der Waals surface area contributed by atoms with Gasteiger partial charge in [0.1, 0.15) is 5.75 Å². The summed E-state index contributed by atoms with van der Waals surface area (Å²) in [7, 11) is 3.44. The van der Waals surface area contributed by atoms with E-state index in [-0.39, 0.29) is 5.91 Å². The van der Waals surface area contributed by atoms with Crippen LogP contribution in [0.2, 0.25) is 0 Å². The Bertz CT molecular complexity index is 1180. The van der Waals surface area contributed by atoms with Gasteiger partial charge >= 0.3 is 0 Å². The molecule has 0 unspecified atom stereocenters. The second-order valence-corrected chi connectivity index (χ2v) is 7.52. The molecule has 0 aliphatic rings. The van der Waals surface area contributed by atoms with Crippen LogP contribution in [0, 0.1) is 0 Å². The molecule has 0 spiro atoms. The standard InChI is InChI=1S/C26H25N5O2/c1-31(16-14-22-5-3-4-15-27-22)25(32)20-6-10-23(11-7-20)30-26-28-17-21(18-29-26)19-8-12-24(33-2)13-9-19/h3-13,15,17-18H,14,16H2,1-2H3,(H,28,29,30). The van der Waals surface area contributed by atoms with Crippen LogP contribution in [0.4, 0.5) is 11.6 Å². The lowest BCUT2D eigenvalue weighted by molar-refractivity contribution is 0.0796. The zero-order chi connectivity index (χ0) is 23.0. The van der Waals surface area contributed by atoms with E-state index in [1.54, 1.807) is 49.8 Å². The summed E-state index contributed by atoms with van der Waals surface area (Å²) in [5.41, 5.74) is 4.32. The van der Waals surface area contributed by atoms with E-state index in [0.717, 1.165) is 28.3 Å². The Morgan fingerprint density at radius 1 is 0.909 bits per heavy atom. The van der Waals surface area contributed by atoms with Gasteiger partial charge in [0.15, 0.2) is 0 Å². The third-order valence-electron chi connectivity index (χ3n) is 5.24. The highest BCUT2D eigenvalue weighted by atomic mass is 16.5. The van der Waals surface area contributed by atoms with Gasteiger partial charge < -0.3 is 15.0 Å². The number of methoxy groups -OCH3 is 1. The molecule has 166 valence electrons. The van der Waals surface area contributed by atoms with Gasteiger partial charge in [-0.3, -0.25) is 9.78 Å². The van der Waals surface area contributed by atoms with Gasteiger partial charge in [0, 0.05) is 61.1 Å². The average molecular weight is 440 g/mol. The highest BCUT2D eigenvalue weighted by Crippen LogP contribution is 2.22. The number of nitrogens with zero attached hydrogens (tertiary/aromatic N) is 4. The van der Waals surface area contributed by atoms with Crippen molar-refractivity contribution in [2.75, 3.05) is 26.0 Å². The first-order valence-electron chi connectivity index (χ1n) is 10.6. The first-order valence-corrected chi connectivity index (χ1v) is 10.6. The molecule has 0 aliphatic heterocycles. The molecule has 7 nitrogen and oxygen atoms in total. The summed E-state index contributed by atoms with van der Waals surface area (Å²) >= 11 is 0. The summed E-state index contributed by atoms with van der Waals surface area (Å²) in [6, 6.07) is 20.8. The Hall–Kier alpha value is -4.26. The van der Waals surface area contributed by atoms with E-state index in [9.17, 15) is 4.79 Å². The van der Waals surface area contributed by atoms with Crippen molar-refractivity contribution in [3.8, 4) is 16.9 Å². The summed E-state index contributed by atoms with van der Waals surface area (Å²) < 4.78 is 5.19. The number of hydrogen-bond donors (Lipinski definition) is 1. The Morgan fingerprint density at radius 2 is 1.64 bits per heavy atom. The minimum atomic E-state index is -0.0300. The van der Waals surface area contributed by atoms with Crippen molar-refractivity contribution in [2.45, 2.75) is 6.42 Å². The number of carbonyl (C=O) groups is 1. The SMILES string of the molecule is COc1ccc(-c2cnc(Nc3ccc(C(=O)N(C)CCc4ccccn4)cc3)nc2)cc1. The lowest BCUT2D eigenvalue weighted by atomic mass is 10.1. The van der Waals surface area contributed by atoms with E-state index in [1.807, 2.05) is 54.6 Å². The minimum absolute atomic E-state index is 0.0300. The van der Waals surface area contributed by atoms with E-state index in [2.05, 4.69) is 20.3 Å². The normalized spacial score (nSPS) is 10.5. The molecule has 0 radical (unpaired) electrons. The molecule has 0 atom stereocenters. The van der Waals surface area contributed by atoms with Crippen molar-refractivity contribution >= 4 is 17.5 Å². The number of rotatable bonds is 8. The van der Waals surface area contributed by atoms with Crippen LogP contribution in [-0.2, 0) is 6.42 Å². The Kier molecular flexibility index (Phi) is 6.90. The van der Waals surface area contributed by atoms with Gasteiger partial charge in [-0.2, -0.15) is 0 Å². The van der Waals surface area contributed by atoms with Crippen LogP contribution in [-0.4, -0.2) is 46.5 Å². The monoisotopic (exact) mass is 439 g/mol. The van der Waals surface area contributed by atoms with Crippen LogP contribution >= 0.6 is 0 Å². The molecule has 4 aromatic rings. The highest BCUT2D eigenvalue weighted by molar-refractivity contribution is 5.94. The summed E-state index contributed by atoms with van der Waals surface area (Å²) in [5.74, 6) is 1.26. The van der Waals surface area contributed by atoms with Gasteiger partial charge in [-0.25, -0.2) is 9.97 Å². The van der Waals surface area contributed by atoms with Gasteiger partial charge in [-0.15, -0.1) is 0 Å². The fourth-order valence-electron chi connectivity index (χ4n) is 3.30. The van der Waals surface area contributed by atoms with Crippen LogP contribution in [0.5, 0.6) is 5.75 Å². The molecular weight excluding hydrogens is 414 g/mol. The number of carbonyl (C=O) groups excluding carboxylic acids is 1. The van der Waals surface area contributed by atoms with Crippen LogP contribution in [0.15, 0.2) is 85.3 Å². The van der Waals surface area contributed by atoms with E-state index in [1.165, 1.54) is 0 Å². The predicted molar refractivity (Wildman–Crippen MR) is 129 cm³/mol. The summed E-state index contributed by atoms with van der Waals surface area (Å²) in [6.07, 6.45) is 6.02. The molecule has 0 saturated heterocycles. The third-order valence-corrected chi connectivity index (χ3v) is 5.24. The maximum absolute atomic E-state index is 12.7. The van der Waals surface area contributed by atoms with Crippen LogP contribution in [0.1, 0.15) is 16.1 Å². The largest absolute Gasteiger partial charge is 0.497 e. The van der Waals surface area contributed by atoms with E-state index < -0.39 is 0 Å². The third kappa shape index (κ3) is 5.71. The lowest BCUT2D eigenvalue weighted by Gasteiger charge is -2.17. The number of benzene rings is 2. The topological polar surface area (TPSA) is 80.2 Å². The van der Waals surface area contributed by atoms with E-state index in [0.29, 0.717) is 24.5 Å². The van der Waals surface area contributed by atoms with Crippen LogP contribution in [0.25, 0.3) is 11.1 Å². The quantitative estimate of drug-likeness (QED) is 0.432. The number of amides is 1. The van der Waals surface area contributed by atoms with Crippen molar-refractivity contribution in [1.29, 1.82) is 0 Å². The minimum Gasteiger partial charge on any atom is -0.497 e. The van der Waals surface area contributed by atoms with Crippen LogP contribution in [0.3, 0.4) is 0 Å². The van der Waals surface area contributed by atoms with Crippen molar-refractivity contribution < 1.29 is 9.53 Å². The van der Waals surface area contributed by atoms with Gasteiger partial charge in [0.25, 0.3) is 5.91 Å². The van der Waals surface area contributed by atoms with Gasteiger partial charge in [-0.05, 0) is 54.1 Å². The molecule has 0 aliphatic carbocycles. The second kappa shape index (κ2) is 10.4. The molecule has 2 aromatic heterocycles. The number of ether oxygens (including phenoxy) is 1. The van der Waals surface area contributed by atoms with Crippen molar-refractivity contribution in [2.24, 2.45) is 0 Å². The number of anilines is 2. The van der Waals surface area contributed by atoms with Gasteiger partial charge in [0.05, 0.1) is 7.11 Å². The maximum Gasteiger partial charge on any atom is 0.253 e. The summed E-state index contributed by atoms with van der Waals surface area (Å²) in [5, 5.41) is 3.17. The first kappa shape index (κ1) is 22.0. The van der Waals surface area contributed by atoms with E-state index in [4.69, 9.17) is 4.74 Å². The van der Waals surface area contributed by atoms with Crippen molar-refractivity contribution in [3.05, 3.63) is 96.6 Å². The number of hydrogen-bond acceptors (Lipinski definition) is 6. The van der Waals surface area contributed by atoms with Crippen molar-refractivity contribution in [1.82, 2.24) is 19.9 Å². The molecule has 0 saturated carbocycles. The smallest absolute Gasteiger partial charge is 0.253 e. The number of likely N-dealkylation sites (N-methyl/N-ethyl adjacent to an activating group) is 1. The van der Waals surface area contributed by atoms with Gasteiger partial charge in [0.2, 0.25) is 5.95 Å². The highest BCUT2D eigenvalue weighted by Gasteiger charge is 2.12. The van der Waals surface area contributed by atoms with E-state index >= 15 is 0 Å². The zero-order valence-corrected chi connectivity index (χ0v) is 18.6. The molecule has 33 heavy (non-hydrogen) atoms. The fraction of sp³-hybridized carbons (Fsp3) is 0.154. The molecule has 1 amide bonds. The molecule has 0 fully saturated rings. The first-order chi connectivity index (χ1) is 16.1. The maximum atomic E-state index is 12.7. The number of aromatic nitrogens is 3. The second-order valence-electron chi connectivity index (χ2n) is 7.52. The number of pyridine rings is 1. The molecule has 2 heterocycles. The summed E-state index contributed by atoms with van der Waals surface area (Å²) in [4.78, 5) is 27.5. The molecule has 2 aromatic carbocycles. The predicted octanol–water partition coefficient (Wildman–Crippen LogP) is 4.61. The van der Waals surface area contributed by atoms with Crippen LogP contribution < -0.4 is 10.1 Å². The average Bonchev–Trinajstić information content (AvgIpc) is 2.88. The zero-order valence-electron chi connectivity index (χ0n) is 18.6. The Balaban J connectivity index is 1.34. The van der Waals surface area contributed by atoms with Gasteiger partial charge in [-0.1, -0.05) is 18.2 Å². The fourth-order valence-corrected chi connectivity index (χ4v) is 3.30. The summed E-state index contributed by atoms with van der Waals surface area (Å²) in [6.45, 7) is 0.601. The number of nitrogens with one attached hydrogen (secondary N) is 1. The Morgan fingerprint density at radius 3 is 2.27 bits per heavy atom. The molecule has 7 heteroatoms. The molecule has 4 rings (SSSR count). The molecular formula is C26H25N5O2. The molecule has 0 bridgehead atoms.